The number of nitrogens with one attached hydrogen (secondary N) is 1. The van der Waals surface area contributed by atoms with Crippen molar-refractivity contribution in [3.63, 3.8) is 0 Å². The smallest absolute Gasteiger partial charge is 0.130 e. The number of rotatable bonds is 2. The molecular weight excluding hydrogens is 226 g/mol. The average Bonchev–Trinajstić information content (AvgIpc) is 2.40. The Hall–Kier alpha value is -1.48. The summed E-state index contributed by atoms with van der Waals surface area (Å²) in [5, 5.41) is 3.37. The van der Waals surface area contributed by atoms with E-state index in [4.69, 9.17) is 9.47 Å². The number of fused-ring (bicyclic) bond motifs is 1. The Morgan fingerprint density at radius 1 is 1.33 bits per heavy atom. The van der Waals surface area contributed by atoms with Gasteiger partial charge in [0.1, 0.15) is 17.1 Å². The Labute approximate surface area is 108 Å². The van der Waals surface area contributed by atoms with Crippen molar-refractivity contribution in [1.82, 2.24) is 5.32 Å². The van der Waals surface area contributed by atoms with Crippen molar-refractivity contribution in [3.8, 4) is 11.5 Å². The third-order valence-corrected chi connectivity index (χ3v) is 3.62. The van der Waals surface area contributed by atoms with Crippen molar-refractivity contribution in [2.45, 2.75) is 25.4 Å². The summed E-state index contributed by atoms with van der Waals surface area (Å²) in [6.45, 7) is 4.74. The van der Waals surface area contributed by atoms with Gasteiger partial charge in [0.05, 0.1) is 6.61 Å². The zero-order valence-electron chi connectivity index (χ0n) is 10.7. The Balaban J connectivity index is 1.86. The second kappa shape index (κ2) is 4.65. The predicted octanol–water partition coefficient (Wildman–Crippen LogP) is 2.61. The second-order valence-electron chi connectivity index (χ2n) is 4.88. The molecule has 0 aliphatic carbocycles. The highest BCUT2D eigenvalue weighted by atomic mass is 16.5. The topological polar surface area (TPSA) is 30.5 Å². The molecule has 0 saturated carbocycles. The van der Waals surface area contributed by atoms with E-state index in [0.717, 1.165) is 43.0 Å². The summed E-state index contributed by atoms with van der Waals surface area (Å²) >= 11 is 0. The molecule has 0 radical (unpaired) electrons. The molecule has 0 atom stereocenters. The molecule has 1 aromatic carbocycles. The molecule has 0 amide bonds. The average molecular weight is 245 g/mol. The Kier molecular flexibility index (Phi) is 3.00. The molecule has 1 saturated heterocycles. The molecule has 18 heavy (non-hydrogen) atoms. The van der Waals surface area contributed by atoms with Gasteiger partial charge in [0.2, 0.25) is 0 Å². The third-order valence-electron chi connectivity index (χ3n) is 3.62. The Bertz CT molecular complexity index is 462. The fourth-order valence-corrected chi connectivity index (χ4v) is 2.62. The van der Waals surface area contributed by atoms with Gasteiger partial charge in [-0.25, -0.2) is 0 Å². The normalized spacial score (nSPS) is 20.3. The van der Waals surface area contributed by atoms with E-state index in [9.17, 15) is 0 Å². The van der Waals surface area contributed by atoms with Gasteiger partial charge in [0.15, 0.2) is 0 Å². The maximum atomic E-state index is 6.21. The first-order chi connectivity index (χ1) is 8.81. The van der Waals surface area contributed by atoms with Gasteiger partial charge < -0.3 is 14.8 Å². The van der Waals surface area contributed by atoms with Crippen molar-refractivity contribution in [3.05, 3.63) is 29.8 Å². The van der Waals surface area contributed by atoms with Crippen LogP contribution in [-0.2, 0) is 0 Å². The zero-order chi connectivity index (χ0) is 12.4. The van der Waals surface area contributed by atoms with Gasteiger partial charge in [-0.2, -0.15) is 0 Å². The lowest BCUT2D eigenvalue weighted by Crippen LogP contribution is -2.45. The molecule has 3 heteroatoms. The quantitative estimate of drug-likeness (QED) is 0.868. The molecule has 1 aromatic rings. The first-order valence-electron chi connectivity index (χ1n) is 6.67. The highest BCUT2D eigenvalue weighted by Crippen LogP contribution is 2.37. The molecule has 3 rings (SSSR count). The summed E-state index contributed by atoms with van der Waals surface area (Å²) in [7, 11) is 0. The van der Waals surface area contributed by atoms with Crippen LogP contribution in [0.1, 0.15) is 25.3 Å². The summed E-state index contributed by atoms with van der Waals surface area (Å²) in [6, 6.07) is 6.05. The number of hydrogen-bond acceptors (Lipinski definition) is 3. The van der Waals surface area contributed by atoms with E-state index < -0.39 is 0 Å². The number of piperidine rings is 1. The first-order valence-corrected chi connectivity index (χ1v) is 6.67. The van der Waals surface area contributed by atoms with E-state index >= 15 is 0 Å². The van der Waals surface area contributed by atoms with Crippen molar-refractivity contribution in [2.75, 3.05) is 19.7 Å². The van der Waals surface area contributed by atoms with Gasteiger partial charge in [0, 0.05) is 18.4 Å². The monoisotopic (exact) mass is 245 g/mol. The zero-order valence-corrected chi connectivity index (χ0v) is 10.7. The number of ether oxygens (including phenoxy) is 2. The van der Waals surface area contributed by atoms with Crippen LogP contribution in [0.4, 0.5) is 0 Å². The fourth-order valence-electron chi connectivity index (χ4n) is 2.62. The van der Waals surface area contributed by atoms with Gasteiger partial charge in [-0.05, 0) is 44.3 Å². The van der Waals surface area contributed by atoms with Crippen molar-refractivity contribution in [2.24, 2.45) is 0 Å². The summed E-state index contributed by atoms with van der Waals surface area (Å²) in [5.41, 5.74) is 1.02. The largest absolute Gasteiger partial charge is 0.494 e. The van der Waals surface area contributed by atoms with Crippen LogP contribution in [-0.4, -0.2) is 25.3 Å². The molecule has 3 nitrogen and oxygen atoms in total. The highest BCUT2D eigenvalue weighted by molar-refractivity contribution is 5.63. The van der Waals surface area contributed by atoms with Crippen LogP contribution in [0.25, 0.3) is 6.08 Å². The lowest BCUT2D eigenvalue weighted by atomic mass is 9.89. The van der Waals surface area contributed by atoms with Crippen LogP contribution < -0.4 is 14.8 Å². The van der Waals surface area contributed by atoms with Gasteiger partial charge in [-0.3, -0.25) is 0 Å². The number of hydrogen-bond donors (Lipinski definition) is 1. The Morgan fingerprint density at radius 3 is 2.94 bits per heavy atom. The molecule has 96 valence electrons. The van der Waals surface area contributed by atoms with E-state index in [1.165, 1.54) is 0 Å². The van der Waals surface area contributed by atoms with Crippen molar-refractivity contribution < 1.29 is 9.47 Å². The minimum Gasteiger partial charge on any atom is -0.494 e. The highest BCUT2D eigenvalue weighted by Gasteiger charge is 2.34. The number of benzene rings is 1. The standard InChI is InChI=1S/C15H19NO2/c1-2-17-13-3-4-14-12(11-13)5-6-15(18-14)7-9-16-10-8-15/h3-6,11,16H,2,7-10H2,1H3. The first kappa shape index (κ1) is 11.6. The van der Waals surface area contributed by atoms with E-state index in [-0.39, 0.29) is 5.60 Å². The molecule has 0 unspecified atom stereocenters. The molecule has 2 heterocycles. The van der Waals surface area contributed by atoms with Gasteiger partial charge >= 0.3 is 0 Å². The molecule has 0 bridgehead atoms. The molecule has 2 aliphatic heterocycles. The van der Waals surface area contributed by atoms with Crippen LogP contribution in [0, 0.1) is 0 Å². The molecule has 1 N–H and O–H groups in total. The van der Waals surface area contributed by atoms with Crippen LogP contribution >= 0.6 is 0 Å². The van der Waals surface area contributed by atoms with Gasteiger partial charge in [-0.15, -0.1) is 0 Å². The SMILES string of the molecule is CCOc1ccc2c(c1)C=CC1(CCNCC1)O2. The molecular formula is C15H19NO2. The lowest BCUT2D eigenvalue weighted by Gasteiger charge is -2.38. The van der Waals surface area contributed by atoms with Gasteiger partial charge in [0.25, 0.3) is 0 Å². The predicted molar refractivity (Wildman–Crippen MR) is 72.1 cm³/mol. The maximum Gasteiger partial charge on any atom is 0.130 e. The summed E-state index contributed by atoms with van der Waals surface area (Å²) in [4.78, 5) is 0. The van der Waals surface area contributed by atoms with Crippen molar-refractivity contribution in [1.29, 1.82) is 0 Å². The fraction of sp³-hybridized carbons (Fsp3) is 0.467. The van der Waals surface area contributed by atoms with Crippen LogP contribution in [0.15, 0.2) is 24.3 Å². The molecule has 2 aliphatic rings. The van der Waals surface area contributed by atoms with E-state index in [1.807, 2.05) is 25.1 Å². The van der Waals surface area contributed by atoms with E-state index in [0.29, 0.717) is 6.61 Å². The maximum absolute atomic E-state index is 6.21. The van der Waals surface area contributed by atoms with Crippen LogP contribution in [0.3, 0.4) is 0 Å². The lowest BCUT2D eigenvalue weighted by molar-refractivity contribution is 0.0822. The molecule has 1 spiro atoms. The molecule has 1 fully saturated rings. The van der Waals surface area contributed by atoms with E-state index in [1.54, 1.807) is 0 Å². The minimum atomic E-state index is -0.0919. The minimum absolute atomic E-state index is 0.0919. The van der Waals surface area contributed by atoms with Crippen LogP contribution in [0.5, 0.6) is 11.5 Å². The van der Waals surface area contributed by atoms with Gasteiger partial charge in [-0.1, -0.05) is 6.08 Å². The Morgan fingerprint density at radius 2 is 2.17 bits per heavy atom. The summed E-state index contributed by atoms with van der Waals surface area (Å²) in [5.74, 6) is 1.88. The van der Waals surface area contributed by atoms with Crippen molar-refractivity contribution >= 4 is 6.08 Å². The van der Waals surface area contributed by atoms with Crippen LogP contribution in [0.2, 0.25) is 0 Å². The summed E-state index contributed by atoms with van der Waals surface area (Å²) < 4.78 is 11.7. The second-order valence-corrected chi connectivity index (χ2v) is 4.88. The molecule has 0 aromatic heterocycles. The van der Waals surface area contributed by atoms with E-state index in [2.05, 4.69) is 17.5 Å². The summed E-state index contributed by atoms with van der Waals surface area (Å²) in [6.07, 6.45) is 6.46. The third kappa shape index (κ3) is 2.10.